The Labute approximate surface area is 139 Å². The Morgan fingerprint density at radius 3 is 2.25 bits per heavy atom. The molecule has 7 heteroatoms. The Kier molecular flexibility index (Phi) is 5.28. The van der Waals surface area contributed by atoms with Gasteiger partial charge in [0.15, 0.2) is 0 Å². The summed E-state index contributed by atoms with van der Waals surface area (Å²) in [6.45, 7) is 2.39. The van der Waals surface area contributed by atoms with Crippen LogP contribution in [0.1, 0.15) is 31.2 Å². The van der Waals surface area contributed by atoms with Gasteiger partial charge in [0.25, 0.3) is 0 Å². The molecule has 132 valence electrons. The molecule has 0 radical (unpaired) electrons. The van der Waals surface area contributed by atoms with E-state index in [4.69, 9.17) is 0 Å². The van der Waals surface area contributed by atoms with E-state index in [1.807, 2.05) is 0 Å². The molecule has 0 bridgehead atoms. The summed E-state index contributed by atoms with van der Waals surface area (Å²) in [7, 11) is 0. The van der Waals surface area contributed by atoms with E-state index in [0.29, 0.717) is 24.6 Å². The molecular weight excluding hydrogens is 319 g/mol. The molecule has 1 aliphatic heterocycles. The molecule has 2 aliphatic rings. The number of carbonyl (C=O) groups excluding carboxylic acids is 1. The minimum absolute atomic E-state index is 0.316. The number of likely N-dealkylation sites (tertiary alicyclic amines) is 1. The van der Waals surface area contributed by atoms with E-state index >= 15 is 0 Å². The molecule has 0 unspecified atom stereocenters. The number of amides is 2. The second-order valence-corrected chi connectivity index (χ2v) is 6.62. The summed E-state index contributed by atoms with van der Waals surface area (Å²) in [5.74, 6) is -2.54. The Morgan fingerprint density at radius 1 is 1.04 bits per heavy atom. The molecule has 4 nitrogen and oxygen atoms in total. The zero-order valence-corrected chi connectivity index (χ0v) is 13.5. The number of carbonyl (C=O) groups is 1. The first-order valence-corrected chi connectivity index (χ1v) is 8.42. The number of nitrogens with zero attached hydrogens (tertiary/aromatic N) is 1. The van der Waals surface area contributed by atoms with Crippen LogP contribution in [-0.2, 0) is 6.54 Å². The molecule has 24 heavy (non-hydrogen) atoms. The van der Waals surface area contributed by atoms with E-state index in [0.717, 1.165) is 32.0 Å². The molecule has 1 aromatic carbocycles. The molecule has 0 aromatic heterocycles. The van der Waals surface area contributed by atoms with Gasteiger partial charge in [-0.3, -0.25) is 0 Å². The lowest BCUT2D eigenvalue weighted by Gasteiger charge is -2.32. The molecule has 3 rings (SSSR count). The van der Waals surface area contributed by atoms with Gasteiger partial charge >= 0.3 is 6.03 Å². The predicted octanol–water partition coefficient (Wildman–Crippen LogP) is 2.78. The molecule has 1 saturated carbocycles. The second-order valence-electron chi connectivity index (χ2n) is 6.62. The van der Waals surface area contributed by atoms with Crippen LogP contribution in [0, 0.1) is 23.4 Å². The maximum Gasteiger partial charge on any atom is 0.315 e. The van der Waals surface area contributed by atoms with Gasteiger partial charge in [-0.1, -0.05) is 0 Å². The molecule has 2 N–H and O–H groups in total. The molecule has 1 aliphatic carbocycles. The van der Waals surface area contributed by atoms with Gasteiger partial charge < -0.3 is 15.5 Å². The number of piperidine rings is 1. The minimum Gasteiger partial charge on any atom is -0.338 e. The Balaban J connectivity index is 1.38. The van der Waals surface area contributed by atoms with Crippen LogP contribution in [0.15, 0.2) is 12.1 Å². The van der Waals surface area contributed by atoms with E-state index in [-0.39, 0.29) is 12.1 Å². The first-order valence-electron chi connectivity index (χ1n) is 8.42. The highest BCUT2D eigenvalue weighted by Crippen LogP contribution is 2.30. The van der Waals surface area contributed by atoms with E-state index in [9.17, 15) is 18.0 Å². The number of hydrogen-bond acceptors (Lipinski definition) is 2. The van der Waals surface area contributed by atoms with Crippen LogP contribution in [0.25, 0.3) is 0 Å². The SMILES string of the molecule is O=C(NCc1c(F)cc(F)cc1F)NCC1CCN(C2CC2)CC1. The zero-order valence-electron chi connectivity index (χ0n) is 13.5. The summed E-state index contributed by atoms with van der Waals surface area (Å²) in [4.78, 5) is 14.3. The van der Waals surface area contributed by atoms with Gasteiger partial charge in [0, 0.05) is 30.3 Å². The van der Waals surface area contributed by atoms with Crippen LogP contribution in [0.3, 0.4) is 0 Å². The fraction of sp³-hybridized carbons (Fsp3) is 0.588. The first-order chi connectivity index (χ1) is 11.5. The smallest absolute Gasteiger partial charge is 0.315 e. The Morgan fingerprint density at radius 2 is 1.67 bits per heavy atom. The van der Waals surface area contributed by atoms with Gasteiger partial charge in [-0.2, -0.15) is 0 Å². The zero-order chi connectivity index (χ0) is 17.1. The highest BCUT2D eigenvalue weighted by atomic mass is 19.1. The van der Waals surface area contributed by atoms with Crippen molar-refractivity contribution in [3.63, 3.8) is 0 Å². The van der Waals surface area contributed by atoms with Gasteiger partial charge in [-0.25, -0.2) is 18.0 Å². The summed E-state index contributed by atoms with van der Waals surface area (Å²) >= 11 is 0. The lowest BCUT2D eigenvalue weighted by molar-refractivity contribution is 0.174. The largest absolute Gasteiger partial charge is 0.338 e. The van der Waals surface area contributed by atoms with Crippen molar-refractivity contribution in [1.82, 2.24) is 15.5 Å². The number of hydrogen-bond donors (Lipinski definition) is 2. The van der Waals surface area contributed by atoms with Crippen LogP contribution in [0.5, 0.6) is 0 Å². The van der Waals surface area contributed by atoms with Crippen LogP contribution >= 0.6 is 0 Å². The van der Waals surface area contributed by atoms with Gasteiger partial charge in [0.05, 0.1) is 6.54 Å². The molecule has 2 amide bonds. The van der Waals surface area contributed by atoms with Gasteiger partial charge in [0.2, 0.25) is 0 Å². The highest BCUT2D eigenvalue weighted by Gasteiger charge is 2.31. The van der Waals surface area contributed by atoms with Crippen molar-refractivity contribution in [3.05, 3.63) is 35.1 Å². The molecule has 0 atom stereocenters. The fourth-order valence-electron chi connectivity index (χ4n) is 3.17. The van der Waals surface area contributed by atoms with Crippen molar-refractivity contribution in [2.75, 3.05) is 19.6 Å². The van der Waals surface area contributed by atoms with Crippen LogP contribution in [-0.4, -0.2) is 36.6 Å². The lowest BCUT2D eigenvalue weighted by Crippen LogP contribution is -2.42. The van der Waals surface area contributed by atoms with Crippen LogP contribution in [0.4, 0.5) is 18.0 Å². The Hall–Kier alpha value is -1.76. The molecule has 1 saturated heterocycles. The van der Waals surface area contributed by atoms with Crippen LogP contribution in [0.2, 0.25) is 0 Å². The second kappa shape index (κ2) is 7.42. The number of benzene rings is 1. The van der Waals surface area contributed by atoms with E-state index in [1.165, 1.54) is 12.8 Å². The molecule has 1 heterocycles. The Bertz CT molecular complexity index is 576. The fourth-order valence-corrected chi connectivity index (χ4v) is 3.17. The van der Waals surface area contributed by atoms with E-state index in [1.54, 1.807) is 0 Å². The number of nitrogens with one attached hydrogen (secondary N) is 2. The summed E-state index contributed by atoms with van der Waals surface area (Å²) in [5.41, 5.74) is -0.343. The van der Waals surface area contributed by atoms with Crippen LogP contribution < -0.4 is 10.6 Å². The monoisotopic (exact) mass is 341 g/mol. The predicted molar refractivity (Wildman–Crippen MR) is 83.9 cm³/mol. The standard InChI is InChI=1S/C17H22F3N3O/c18-12-7-15(19)14(16(20)8-12)10-22-17(24)21-9-11-3-5-23(6-4-11)13-1-2-13/h7-8,11,13H,1-6,9-10H2,(H2,21,22,24). The summed E-state index contributed by atoms with van der Waals surface area (Å²) < 4.78 is 39.8. The number of urea groups is 1. The molecule has 0 spiro atoms. The van der Waals surface area contributed by atoms with Gasteiger partial charge in [-0.05, 0) is 44.7 Å². The quantitative estimate of drug-likeness (QED) is 0.865. The van der Waals surface area contributed by atoms with E-state index < -0.39 is 23.5 Å². The van der Waals surface area contributed by atoms with E-state index in [2.05, 4.69) is 15.5 Å². The average molecular weight is 341 g/mol. The minimum atomic E-state index is -1.000. The maximum atomic E-state index is 13.5. The third kappa shape index (κ3) is 4.41. The average Bonchev–Trinajstić information content (AvgIpc) is 3.37. The first kappa shape index (κ1) is 17.1. The van der Waals surface area contributed by atoms with Crippen molar-refractivity contribution in [3.8, 4) is 0 Å². The van der Waals surface area contributed by atoms with Gasteiger partial charge in [0.1, 0.15) is 17.5 Å². The summed E-state index contributed by atoms with van der Waals surface area (Å²) in [5, 5.41) is 5.16. The normalized spacial score (nSPS) is 19.3. The van der Waals surface area contributed by atoms with Crippen molar-refractivity contribution < 1.29 is 18.0 Å². The summed E-state index contributed by atoms with van der Waals surface area (Å²) in [6.07, 6.45) is 4.72. The third-order valence-corrected chi connectivity index (χ3v) is 4.80. The highest BCUT2D eigenvalue weighted by molar-refractivity contribution is 5.73. The number of rotatable bonds is 5. The molecule has 1 aromatic rings. The van der Waals surface area contributed by atoms with Gasteiger partial charge in [-0.15, -0.1) is 0 Å². The third-order valence-electron chi connectivity index (χ3n) is 4.80. The van der Waals surface area contributed by atoms with Crippen molar-refractivity contribution >= 4 is 6.03 Å². The molecule has 2 fully saturated rings. The maximum absolute atomic E-state index is 13.5. The topological polar surface area (TPSA) is 44.4 Å². The molecular formula is C17H22F3N3O. The summed E-state index contributed by atoms with van der Waals surface area (Å²) in [6, 6.07) is 1.52. The number of halogens is 3. The van der Waals surface area contributed by atoms with Crippen molar-refractivity contribution in [1.29, 1.82) is 0 Å². The van der Waals surface area contributed by atoms with Crippen molar-refractivity contribution in [2.45, 2.75) is 38.3 Å². The van der Waals surface area contributed by atoms with Crippen molar-refractivity contribution in [2.24, 2.45) is 5.92 Å². The lowest BCUT2D eigenvalue weighted by atomic mass is 9.97.